The zero-order valence-corrected chi connectivity index (χ0v) is 9.47. The summed E-state index contributed by atoms with van der Waals surface area (Å²) in [5, 5.41) is 3.74. The first kappa shape index (κ1) is 11.0. The first-order valence-corrected chi connectivity index (χ1v) is 5.98. The average Bonchev–Trinajstić information content (AvgIpc) is 2.48. The summed E-state index contributed by atoms with van der Waals surface area (Å²) < 4.78 is 0. The van der Waals surface area contributed by atoms with Crippen LogP contribution in [0.4, 0.5) is 0 Å². The lowest BCUT2D eigenvalue weighted by atomic mass is 10.1. The SMILES string of the molecule is CCCCC(C)NC1CCC(C)C1. The molecule has 0 spiro atoms. The molecule has 1 N–H and O–H groups in total. The molecule has 1 rings (SSSR count). The second-order valence-corrected chi connectivity index (χ2v) is 4.83. The van der Waals surface area contributed by atoms with E-state index < -0.39 is 0 Å². The summed E-state index contributed by atoms with van der Waals surface area (Å²) in [5.41, 5.74) is 0. The molecule has 0 aliphatic heterocycles. The fourth-order valence-electron chi connectivity index (χ4n) is 2.35. The van der Waals surface area contributed by atoms with Crippen molar-refractivity contribution >= 4 is 0 Å². The van der Waals surface area contributed by atoms with Crippen LogP contribution >= 0.6 is 0 Å². The van der Waals surface area contributed by atoms with Crippen LogP contribution in [0.15, 0.2) is 0 Å². The minimum Gasteiger partial charge on any atom is -0.311 e. The van der Waals surface area contributed by atoms with Crippen molar-refractivity contribution < 1.29 is 0 Å². The molecule has 3 atom stereocenters. The van der Waals surface area contributed by atoms with Gasteiger partial charge in [0.05, 0.1) is 0 Å². The van der Waals surface area contributed by atoms with Gasteiger partial charge in [0.1, 0.15) is 0 Å². The van der Waals surface area contributed by atoms with E-state index in [4.69, 9.17) is 0 Å². The summed E-state index contributed by atoms with van der Waals surface area (Å²) in [6.45, 7) is 6.97. The Kier molecular flexibility index (Phi) is 4.79. The number of nitrogens with one attached hydrogen (secondary N) is 1. The van der Waals surface area contributed by atoms with Gasteiger partial charge in [-0.25, -0.2) is 0 Å². The van der Waals surface area contributed by atoms with E-state index in [0.29, 0.717) is 0 Å². The maximum Gasteiger partial charge on any atom is 0.00721 e. The monoisotopic (exact) mass is 183 g/mol. The van der Waals surface area contributed by atoms with Crippen molar-refractivity contribution in [2.45, 2.75) is 71.4 Å². The Labute approximate surface area is 83.3 Å². The number of hydrogen-bond acceptors (Lipinski definition) is 1. The van der Waals surface area contributed by atoms with Crippen LogP contribution in [0.5, 0.6) is 0 Å². The van der Waals surface area contributed by atoms with Crippen LogP contribution in [0.3, 0.4) is 0 Å². The van der Waals surface area contributed by atoms with Gasteiger partial charge in [0.2, 0.25) is 0 Å². The fraction of sp³-hybridized carbons (Fsp3) is 1.00. The number of rotatable bonds is 5. The van der Waals surface area contributed by atoms with Crippen LogP contribution in [0.2, 0.25) is 0 Å². The maximum absolute atomic E-state index is 3.74. The third-order valence-electron chi connectivity index (χ3n) is 3.21. The molecule has 1 nitrogen and oxygen atoms in total. The largest absolute Gasteiger partial charge is 0.311 e. The first-order valence-electron chi connectivity index (χ1n) is 5.98. The molecule has 0 radical (unpaired) electrons. The summed E-state index contributed by atoms with van der Waals surface area (Å²) in [6.07, 6.45) is 8.27. The quantitative estimate of drug-likeness (QED) is 0.689. The lowest BCUT2D eigenvalue weighted by molar-refractivity contribution is 0.415. The molecule has 13 heavy (non-hydrogen) atoms. The number of hydrogen-bond donors (Lipinski definition) is 1. The Morgan fingerprint density at radius 3 is 2.69 bits per heavy atom. The molecular formula is C12H25N. The highest BCUT2D eigenvalue weighted by Crippen LogP contribution is 2.25. The molecule has 1 aliphatic carbocycles. The van der Waals surface area contributed by atoms with E-state index in [1.54, 1.807) is 0 Å². The molecule has 0 aromatic rings. The predicted molar refractivity (Wildman–Crippen MR) is 58.9 cm³/mol. The van der Waals surface area contributed by atoms with Gasteiger partial charge < -0.3 is 5.32 Å². The molecule has 0 aromatic heterocycles. The van der Waals surface area contributed by atoms with Gasteiger partial charge in [-0.2, -0.15) is 0 Å². The molecule has 0 amide bonds. The lowest BCUT2D eigenvalue weighted by Crippen LogP contribution is -2.34. The van der Waals surface area contributed by atoms with Crippen molar-refractivity contribution in [3.8, 4) is 0 Å². The predicted octanol–water partition coefficient (Wildman–Crippen LogP) is 3.34. The lowest BCUT2D eigenvalue weighted by Gasteiger charge is -2.19. The molecular weight excluding hydrogens is 158 g/mol. The van der Waals surface area contributed by atoms with Gasteiger partial charge >= 0.3 is 0 Å². The minimum atomic E-state index is 0.732. The molecule has 78 valence electrons. The van der Waals surface area contributed by atoms with Gasteiger partial charge in [-0.3, -0.25) is 0 Å². The summed E-state index contributed by atoms with van der Waals surface area (Å²) in [6, 6.07) is 1.55. The van der Waals surface area contributed by atoms with E-state index in [2.05, 4.69) is 26.1 Å². The molecule has 1 aliphatic rings. The van der Waals surface area contributed by atoms with Crippen molar-refractivity contribution in [1.29, 1.82) is 0 Å². The Hall–Kier alpha value is -0.0400. The zero-order valence-electron chi connectivity index (χ0n) is 9.47. The van der Waals surface area contributed by atoms with E-state index >= 15 is 0 Å². The van der Waals surface area contributed by atoms with Gasteiger partial charge in [-0.15, -0.1) is 0 Å². The molecule has 1 saturated carbocycles. The van der Waals surface area contributed by atoms with Crippen molar-refractivity contribution in [2.75, 3.05) is 0 Å². The molecule has 3 unspecified atom stereocenters. The second kappa shape index (κ2) is 5.64. The van der Waals surface area contributed by atoms with Crippen molar-refractivity contribution in [3.63, 3.8) is 0 Å². The van der Waals surface area contributed by atoms with Crippen LogP contribution in [0, 0.1) is 5.92 Å². The Bertz CT molecular complexity index is 133. The third-order valence-corrected chi connectivity index (χ3v) is 3.21. The van der Waals surface area contributed by atoms with Gasteiger partial charge in [-0.1, -0.05) is 26.7 Å². The molecule has 1 heteroatoms. The second-order valence-electron chi connectivity index (χ2n) is 4.83. The van der Waals surface area contributed by atoms with Crippen molar-refractivity contribution in [3.05, 3.63) is 0 Å². The smallest absolute Gasteiger partial charge is 0.00721 e. The first-order chi connectivity index (χ1) is 6.22. The average molecular weight is 183 g/mol. The van der Waals surface area contributed by atoms with E-state index in [0.717, 1.165) is 18.0 Å². The molecule has 0 bridgehead atoms. The van der Waals surface area contributed by atoms with Gasteiger partial charge in [0, 0.05) is 12.1 Å². The van der Waals surface area contributed by atoms with Crippen molar-refractivity contribution in [2.24, 2.45) is 5.92 Å². The standard InChI is InChI=1S/C12H25N/c1-4-5-6-11(3)13-12-8-7-10(2)9-12/h10-13H,4-9H2,1-3H3. The Morgan fingerprint density at radius 2 is 2.15 bits per heavy atom. The molecule has 0 saturated heterocycles. The highest BCUT2D eigenvalue weighted by Gasteiger charge is 2.21. The summed E-state index contributed by atoms with van der Waals surface area (Å²) in [5.74, 6) is 0.955. The van der Waals surface area contributed by atoms with Gasteiger partial charge in [0.25, 0.3) is 0 Å². The van der Waals surface area contributed by atoms with Crippen LogP contribution < -0.4 is 5.32 Å². The van der Waals surface area contributed by atoms with Crippen LogP contribution in [-0.2, 0) is 0 Å². The topological polar surface area (TPSA) is 12.0 Å². The summed E-state index contributed by atoms with van der Waals surface area (Å²) >= 11 is 0. The molecule has 0 heterocycles. The summed E-state index contributed by atoms with van der Waals surface area (Å²) in [7, 11) is 0. The van der Waals surface area contributed by atoms with E-state index in [9.17, 15) is 0 Å². The van der Waals surface area contributed by atoms with Crippen LogP contribution in [0.25, 0.3) is 0 Å². The van der Waals surface area contributed by atoms with Crippen molar-refractivity contribution in [1.82, 2.24) is 5.32 Å². The van der Waals surface area contributed by atoms with E-state index in [-0.39, 0.29) is 0 Å². The molecule has 0 aromatic carbocycles. The highest BCUT2D eigenvalue weighted by atomic mass is 14.9. The Morgan fingerprint density at radius 1 is 1.38 bits per heavy atom. The van der Waals surface area contributed by atoms with Crippen LogP contribution in [-0.4, -0.2) is 12.1 Å². The van der Waals surface area contributed by atoms with Gasteiger partial charge in [0.15, 0.2) is 0 Å². The van der Waals surface area contributed by atoms with E-state index in [1.165, 1.54) is 38.5 Å². The summed E-state index contributed by atoms with van der Waals surface area (Å²) in [4.78, 5) is 0. The Balaban J connectivity index is 2.09. The highest BCUT2D eigenvalue weighted by molar-refractivity contribution is 4.80. The zero-order chi connectivity index (χ0) is 9.68. The van der Waals surface area contributed by atoms with Crippen LogP contribution in [0.1, 0.15) is 59.3 Å². The number of unbranched alkanes of at least 4 members (excludes halogenated alkanes) is 1. The molecule has 1 fully saturated rings. The fourth-order valence-corrected chi connectivity index (χ4v) is 2.35. The maximum atomic E-state index is 3.74. The van der Waals surface area contributed by atoms with E-state index in [1.807, 2.05) is 0 Å². The normalized spacial score (nSPS) is 30.7. The third kappa shape index (κ3) is 4.12. The van der Waals surface area contributed by atoms with Gasteiger partial charge in [-0.05, 0) is 38.5 Å². The minimum absolute atomic E-state index is 0.732.